The molecule has 2 aliphatic rings. The zero-order valence-electron chi connectivity index (χ0n) is 11.6. The summed E-state index contributed by atoms with van der Waals surface area (Å²) in [6, 6.07) is 7.41. The number of benzene rings is 1. The minimum atomic E-state index is -0.176. The number of thioether (sulfide) groups is 1. The van der Waals surface area contributed by atoms with Crippen molar-refractivity contribution < 1.29 is 14.5 Å². The molecule has 0 spiro atoms. The molecule has 0 bridgehead atoms. The fourth-order valence-corrected chi connectivity index (χ4v) is 3.92. The molecule has 2 amide bonds. The van der Waals surface area contributed by atoms with Crippen molar-refractivity contribution in [1.29, 1.82) is 0 Å². The number of carbonyl (C=O) groups is 2. The Morgan fingerprint density at radius 3 is 2.45 bits per heavy atom. The van der Waals surface area contributed by atoms with Crippen LogP contribution in [0, 0.1) is 6.92 Å². The lowest BCUT2D eigenvalue weighted by molar-refractivity contribution is -0.911. The van der Waals surface area contributed by atoms with Crippen LogP contribution in [0.3, 0.4) is 0 Å². The van der Waals surface area contributed by atoms with Crippen molar-refractivity contribution in [2.75, 3.05) is 29.5 Å². The van der Waals surface area contributed by atoms with Gasteiger partial charge in [0, 0.05) is 11.5 Å². The summed E-state index contributed by atoms with van der Waals surface area (Å²) in [5.74, 6) is 2.07. The highest BCUT2D eigenvalue weighted by atomic mass is 32.2. The van der Waals surface area contributed by atoms with Crippen LogP contribution in [0.15, 0.2) is 24.3 Å². The molecule has 2 heterocycles. The van der Waals surface area contributed by atoms with Gasteiger partial charge in [0.25, 0.3) is 5.91 Å². The molecule has 0 aromatic heterocycles. The number of imide groups is 1. The van der Waals surface area contributed by atoms with E-state index in [4.69, 9.17) is 0 Å². The predicted octanol–water partition coefficient (Wildman–Crippen LogP) is 0.259. The topological polar surface area (TPSA) is 41.8 Å². The Kier molecular flexibility index (Phi) is 3.81. The number of hydrogen-bond acceptors (Lipinski definition) is 3. The third kappa shape index (κ3) is 2.47. The number of aryl methyl sites for hydroxylation is 1. The van der Waals surface area contributed by atoms with Gasteiger partial charge < -0.3 is 4.90 Å². The van der Waals surface area contributed by atoms with Gasteiger partial charge in [-0.05, 0) is 19.1 Å². The van der Waals surface area contributed by atoms with Crippen molar-refractivity contribution in [2.45, 2.75) is 19.4 Å². The molecule has 2 saturated heterocycles. The minimum absolute atomic E-state index is 0.0271. The Labute approximate surface area is 123 Å². The zero-order chi connectivity index (χ0) is 14.1. The average molecular weight is 291 g/mol. The van der Waals surface area contributed by atoms with Crippen LogP contribution in [0.1, 0.15) is 12.0 Å². The summed E-state index contributed by atoms with van der Waals surface area (Å²) in [5, 5.41) is 0. The van der Waals surface area contributed by atoms with Crippen LogP contribution in [-0.2, 0) is 9.59 Å². The Morgan fingerprint density at radius 1 is 1.15 bits per heavy atom. The molecule has 2 fully saturated rings. The normalized spacial score (nSPS) is 24.4. The van der Waals surface area contributed by atoms with Gasteiger partial charge in [-0.25, -0.2) is 4.90 Å². The fourth-order valence-electron chi connectivity index (χ4n) is 2.90. The predicted molar refractivity (Wildman–Crippen MR) is 80.1 cm³/mol. The van der Waals surface area contributed by atoms with Crippen LogP contribution in [0.5, 0.6) is 0 Å². The number of quaternary nitrogens is 1. The minimum Gasteiger partial charge on any atom is -0.323 e. The molecule has 1 aromatic rings. The van der Waals surface area contributed by atoms with Crippen molar-refractivity contribution in [1.82, 2.24) is 0 Å². The summed E-state index contributed by atoms with van der Waals surface area (Å²) in [7, 11) is 0. The number of hydrogen-bond donors (Lipinski definition) is 1. The molecule has 0 aliphatic carbocycles. The third-order valence-corrected chi connectivity index (χ3v) is 5.05. The van der Waals surface area contributed by atoms with Crippen LogP contribution in [-0.4, -0.2) is 42.5 Å². The summed E-state index contributed by atoms with van der Waals surface area (Å²) in [5.41, 5.74) is 1.84. The number of rotatable bonds is 2. The van der Waals surface area contributed by atoms with E-state index >= 15 is 0 Å². The van der Waals surface area contributed by atoms with E-state index in [0.29, 0.717) is 12.1 Å². The second-order valence-electron chi connectivity index (χ2n) is 5.43. The first-order valence-electron chi connectivity index (χ1n) is 7.02. The summed E-state index contributed by atoms with van der Waals surface area (Å²) in [4.78, 5) is 27.4. The lowest BCUT2D eigenvalue weighted by Crippen LogP contribution is -3.18. The maximum absolute atomic E-state index is 12.6. The lowest BCUT2D eigenvalue weighted by Gasteiger charge is -2.27. The van der Waals surface area contributed by atoms with Crippen LogP contribution in [0.4, 0.5) is 5.69 Å². The van der Waals surface area contributed by atoms with E-state index in [9.17, 15) is 9.59 Å². The van der Waals surface area contributed by atoms with Crippen LogP contribution in [0.25, 0.3) is 0 Å². The first kappa shape index (κ1) is 13.6. The van der Waals surface area contributed by atoms with E-state index < -0.39 is 0 Å². The van der Waals surface area contributed by atoms with E-state index in [1.54, 1.807) is 0 Å². The highest BCUT2D eigenvalue weighted by Crippen LogP contribution is 2.22. The standard InChI is InChI=1S/C15H18N2O2S/c1-11-2-4-12(5-3-11)17-14(18)10-13(15(17)19)16-6-8-20-9-7-16/h2-5,13H,6-10H2,1H3/p+1. The second-order valence-corrected chi connectivity index (χ2v) is 6.66. The van der Waals surface area contributed by atoms with Crippen molar-refractivity contribution in [3.63, 3.8) is 0 Å². The number of anilines is 1. The van der Waals surface area contributed by atoms with Crippen LogP contribution in [0.2, 0.25) is 0 Å². The van der Waals surface area contributed by atoms with E-state index in [0.717, 1.165) is 30.2 Å². The van der Waals surface area contributed by atoms with Crippen molar-refractivity contribution in [2.24, 2.45) is 0 Å². The maximum Gasteiger partial charge on any atom is 0.292 e. The Balaban J connectivity index is 1.81. The van der Waals surface area contributed by atoms with Crippen LogP contribution < -0.4 is 9.80 Å². The molecule has 0 radical (unpaired) electrons. The van der Waals surface area contributed by atoms with Gasteiger partial charge in [0.2, 0.25) is 5.91 Å². The molecule has 3 rings (SSSR count). The Bertz CT molecular complexity index is 523. The van der Waals surface area contributed by atoms with Gasteiger partial charge in [0.15, 0.2) is 6.04 Å². The van der Waals surface area contributed by atoms with Gasteiger partial charge in [-0.3, -0.25) is 9.59 Å². The second kappa shape index (κ2) is 5.58. The van der Waals surface area contributed by atoms with Gasteiger partial charge in [0.1, 0.15) is 0 Å². The first-order valence-corrected chi connectivity index (χ1v) is 8.18. The number of nitrogens with zero attached hydrogens (tertiary/aromatic N) is 1. The molecule has 106 valence electrons. The zero-order valence-corrected chi connectivity index (χ0v) is 12.4. The number of nitrogens with one attached hydrogen (secondary N) is 1. The molecule has 1 unspecified atom stereocenters. The molecule has 2 aliphatic heterocycles. The van der Waals surface area contributed by atoms with E-state index in [2.05, 4.69) is 0 Å². The first-order chi connectivity index (χ1) is 9.66. The van der Waals surface area contributed by atoms with Crippen LogP contribution >= 0.6 is 11.8 Å². The van der Waals surface area contributed by atoms with Crippen molar-refractivity contribution in [3.8, 4) is 0 Å². The van der Waals surface area contributed by atoms with E-state index in [-0.39, 0.29) is 17.9 Å². The monoisotopic (exact) mass is 291 g/mol. The molecule has 1 N–H and O–H groups in total. The molecular weight excluding hydrogens is 272 g/mol. The van der Waals surface area contributed by atoms with Gasteiger partial charge in [-0.15, -0.1) is 0 Å². The molecule has 0 saturated carbocycles. The highest BCUT2D eigenvalue weighted by molar-refractivity contribution is 7.99. The summed E-state index contributed by atoms with van der Waals surface area (Å²) < 4.78 is 0. The van der Waals surface area contributed by atoms with Crippen molar-refractivity contribution >= 4 is 29.3 Å². The number of carbonyl (C=O) groups excluding carboxylic acids is 2. The number of amides is 2. The summed E-state index contributed by atoms with van der Waals surface area (Å²) >= 11 is 1.93. The smallest absolute Gasteiger partial charge is 0.292 e. The molecule has 1 atom stereocenters. The Morgan fingerprint density at radius 2 is 1.80 bits per heavy atom. The Hall–Kier alpha value is -1.33. The molecule has 5 heteroatoms. The van der Waals surface area contributed by atoms with E-state index in [1.807, 2.05) is 43.0 Å². The highest BCUT2D eigenvalue weighted by Gasteiger charge is 2.45. The van der Waals surface area contributed by atoms with Gasteiger partial charge in [-0.1, -0.05) is 17.7 Å². The molecular formula is C15H19N2O2S+. The van der Waals surface area contributed by atoms with E-state index in [1.165, 1.54) is 9.80 Å². The largest absolute Gasteiger partial charge is 0.323 e. The third-order valence-electron chi connectivity index (χ3n) is 4.07. The molecule has 1 aromatic carbocycles. The quantitative estimate of drug-likeness (QED) is 0.795. The molecule has 4 nitrogen and oxygen atoms in total. The van der Waals surface area contributed by atoms with Gasteiger partial charge in [-0.2, -0.15) is 11.8 Å². The maximum atomic E-state index is 12.6. The fraction of sp³-hybridized carbons (Fsp3) is 0.467. The summed E-state index contributed by atoms with van der Waals surface area (Å²) in [6.07, 6.45) is 0.354. The average Bonchev–Trinajstić information content (AvgIpc) is 2.76. The SMILES string of the molecule is Cc1ccc(N2C(=O)CC([NH+]3CCSCC3)C2=O)cc1. The summed E-state index contributed by atoms with van der Waals surface area (Å²) in [6.45, 7) is 3.96. The van der Waals surface area contributed by atoms with Gasteiger partial charge >= 0.3 is 0 Å². The van der Waals surface area contributed by atoms with Gasteiger partial charge in [0.05, 0.1) is 25.2 Å². The van der Waals surface area contributed by atoms with Crippen molar-refractivity contribution in [3.05, 3.63) is 29.8 Å². The lowest BCUT2D eigenvalue weighted by atomic mass is 10.2. The molecule has 20 heavy (non-hydrogen) atoms.